The van der Waals surface area contributed by atoms with E-state index in [1.54, 1.807) is 4.80 Å². The molecule has 0 aromatic carbocycles. The summed E-state index contributed by atoms with van der Waals surface area (Å²) in [4.78, 5) is 27.2. The van der Waals surface area contributed by atoms with Gasteiger partial charge in [0, 0.05) is 19.0 Å². The third kappa shape index (κ3) is 4.39. The fourth-order valence-electron chi connectivity index (χ4n) is 6.59. The predicted octanol–water partition coefficient (Wildman–Crippen LogP) is 1.51. The Balaban J connectivity index is 1.22. The normalized spacial score (nSPS) is 36.2. The Labute approximate surface area is 187 Å². The van der Waals surface area contributed by atoms with Crippen molar-refractivity contribution in [1.82, 2.24) is 30.4 Å². The van der Waals surface area contributed by atoms with Crippen molar-refractivity contribution >= 4 is 11.9 Å². The highest BCUT2D eigenvalue weighted by atomic mass is 16.4. The maximum Gasteiger partial charge on any atom is 0.321 e. The number of nitrogens with one attached hydrogen (secondary N) is 1. The molecule has 1 aromatic rings. The molecule has 5 rings (SSSR count). The van der Waals surface area contributed by atoms with Crippen LogP contribution in [0.4, 0.5) is 0 Å². The number of carboxylic acid groups (broad SMARTS) is 2. The minimum Gasteiger partial charge on any atom is -0.480 e. The molecule has 6 atom stereocenters. The van der Waals surface area contributed by atoms with Gasteiger partial charge >= 0.3 is 11.9 Å². The first-order chi connectivity index (χ1) is 15.5. The summed E-state index contributed by atoms with van der Waals surface area (Å²) in [5.41, 5.74) is 0. The number of hydrogen-bond acceptors (Lipinski definition) is 7. The number of aliphatic carboxylic acids is 2. The summed E-state index contributed by atoms with van der Waals surface area (Å²) in [6.45, 7) is 2.15. The summed E-state index contributed by atoms with van der Waals surface area (Å²) in [5.74, 6) is 1.00. The molecule has 3 unspecified atom stereocenters. The van der Waals surface area contributed by atoms with Crippen molar-refractivity contribution < 1.29 is 19.8 Å². The number of tetrazole rings is 1. The smallest absolute Gasteiger partial charge is 0.321 e. The second-order valence-electron chi connectivity index (χ2n) is 10.4. The third-order valence-corrected chi connectivity index (χ3v) is 8.36. The number of carbonyl (C=O) groups is 2. The van der Waals surface area contributed by atoms with Crippen LogP contribution in [0.1, 0.15) is 75.6 Å². The first-order valence-corrected chi connectivity index (χ1v) is 12.2. The molecule has 2 aliphatic carbocycles. The van der Waals surface area contributed by atoms with E-state index in [0.29, 0.717) is 43.1 Å². The predicted molar refractivity (Wildman–Crippen MR) is 114 cm³/mol. The molecule has 2 aliphatic heterocycles. The first-order valence-electron chi connectivity index (χ1n) is 12.2. The Morgan fingerprint density at radius 1 is 1.00 bits per heavy atom. The van der Waals surface area contributed by atoms with Crippen LogP contribution in [0, 0.1) is 17.8 Å². The molecule has 10 heteroatoms. The highest BCUT2D eigenvalue weighted by Gasteiger charge is 2.42. The summed E-state index contributed by atoms with van der Waals surface area (Å²) in [5, 5.41) is 35.6. The Morgan fingerprint density at radius 2 is 1.81 bits per heavy atom. The minimum atomic E-state index is -0.787. The highest BCUT2D eigenvalue weighted by Crippen LogP contribution is 2.40. The molecule has 4 fully saturated rings. The van der Waals surface area contributed by atoms with Crippen LogP contribution in [0.25, 0.3) is 0 Å². The summed E-state index contributed by atoms with van der Waals surface area (Å²) < 4.78 is 0. The first kappa shape index (κ1) is 21.8. The largest absolute Gasteiger partial charge is 0.480 e. The van der Waals surface area contributed by atoms with Crippen LogP contribution < -0.4 is 5.32 Å². The topological polar surface area (TPSA) is 133 Å². The maximum atomic E-state index is 12.0. The Bertz CT molecular complexity index is 840. The molecule has 176 valence electrons. The number of carboxylic acids is 2. The van der Waals surface area contributed by atoms with Crippen molar-refractivity contribution in [2.75, 3.05) is 19.6 Å². The van der Waals surface area contributed by atoms with Gasteiger partial charge in [0.05, 0.1) is 6.04 Å². The average Bonchev–Trinajstić information content (AvgIpc) is 3.52. The molecule has 2 saturated heterocycles. The fraction of sp³-hybridized carbons (Fsp3) is 0.864. The van der Waals surface area contributed by atoms with Gasteiger partial charge in [-0.3, -0.25) is 14.5 Å². The van der Waals surface area contributed by atoms with Crippen LogP contribution in [0.5, 0.6) is 0 Å². The van der Waals surface area contributed by atoms with Crippen molar-refractivity contribution in [3.63, 3.8) is 0 Å². The zero-order chi connectivity index (χ0) is 22.2. The lowest BCUT2D eigenvalue weighted by molar-refractivity contribution is -0.143. The van der Waals surface area contributed by atoms with Crippen molar-refractivity contribution in [3.05, 3.63) is 5.82 Å². The molecule has 0 amide bonds. The SMILES string of the molecule is O=C(O)C1CC2CC(CN3C[C@@H](n4nnc(C5CCCC5)n4)C[C@H]3C(=O)O)CC[C@H]2CN1. The lowest BCUT2D eigenvalue weighted by atomic mass is 9.69. The molecular formula is C22H34N6O4. The van der Waals surface area contributed by atoms with Gasteiger partial charge in [0.25, 0.3) is 0 Å². The molecule has 0 spiro atoms. The summed E-state index contributed by atoms with van der Waals surface area (Å²) >= 11 is 0. The van der Waals surface area contributed by atoms with Gasteiger partial charge < -0.3 is 15.5 Å². The van der Waals surface area contributed by atoms with E-state index in [1.807, 2.05) is 0 Å². The monoisotopic (exact) mass is 446 g/mol. The second-order valence-corrected chi connectivity index (χ2v) is 10.4. The summed E-state index contributed by atoms with van der Waals surface area (Å²) in [6.07, 6.45) is 8.96. The quantitative estimate of drug-likeness (QED) is 0.594. The number of nitrogens with zero attached hydrogens (tertiary/aromatic N) is 5. The lowest BCUT2D eigenvalue weighted by Gasteiger charge is -2.42. The standard InChI is InChI=1S/C22H34N6O4/c29-21(30)18-8-16-7-13(5-6-15(16)10-23-18)11-27-12-17(9-19(27)22(31)32)28-25-20(24-26-28)14-3-1-2-4-14/h13-19,23H,1-12H2,(H,29,30)(H,31,32)/t13?,15-,16?,17-,18?,19-/m0/s1. The van der Waals surface area contributed by atoms with E-state index >= 15 is 0 Å². The van der Waals surface area contributed by atoms with Gasteiger partial charge in [-0.15, -0.1) is 10.2 Å². The number of hydrogen-bond donors (Lipinski definition) is 3. The number of piperidine rings is 1. The van der Waals surface area contributed by atoms with E-state index in [0.717, 1.165) is 51.0 Å². The number of likely N-dealkylation sites (tertiary alicyclic amines) is 1. The Hall–Kier alpha value is -2.07. The van der Waals surface area contributed by atoms with Crippen molar-refractivity contribution in [3.8, 4) is 0 Å². The van der Waals surface area contributed by atoms with Crippen LogP contribution in [0.15, 0.2) is 0 Å². The molecule has 4 aliphatic rings. The molecule has 32 heavy (non-hydrogen) atoms. The van der Waals surface area contributed by atoms with Crippen LogP contribution in [0.2, 0.25) is 0 Å². The molecule has 10 nitrogen and oxygen atoms in total. The summed E-state index contributed by atoms with van der Waals surface area (Å²) in [7, 11) is 0. The van der Waals surface area contributed by atoms with Crippen LogP contribution in [0.3, 0.4) is 0 Å². The van der Waals surface area contributed by atoms with Gasteiger partial charge in [-0.1, -0.05) is 12.8 Å². The Kier molecular flexibility index (Phi) is 6.16. The van der Waals surface area contributed by atoms with E-state index in [2.05, 4.69) is 25.6 Å². The van der Waals surface area contributed by atoms with Gasteiger partial charge in [-0.2, -0.15) is 4.80 Å². The van der Waals surface area contributed by atoms with Crippen LogP contribution in [-0.2, 0) is 9.59 Å². The number of rotatable bonds is 6. The van der Waals surface area contributed by atoms with Gasteiger partial charge in [0.15, 0.2) is 5.82 Å². The molecule has 0 bridgehead atoms. The van der Waals surface area contributed by atoms with Gasteiger partial charge in [0.1, 0.15) is 12.1 Å². The number of fused-ring (bicyclic) bond motifs is 1. The molecule has 3 heterocycles. The molecular weight excluding hydrogens is 412 g/mol. The zero-order valence-corrected chi connectivity index (χ0v) is 18.5. The summed E-state index contributed by atoms with van der Waals surface area (Å²) in [6, 6.07) is -1.05. The van der Waals surface area contributed by atoms with Crippen molar-refractivity contribution in [2.24, 2.45) is 17.8 Å². The Morgan fingerprint density at radius 3 is 2.56 bits per heavy atom. The van der Waals surface area contributed by atoms with E-state index in [4.69, 9.17) is 0 Å². The van der Waals surface area contributed by atoms with E-state index in [9.17, 15) is 19.8 Å². The van der Waals surface area contributed by atoms with E-state index in [1.165, 1.54) is 12.8 Å². The van der Waals surface area contributed by atoms with E-state index in [-0.39, 0.29) is 6.04 Å². The highest BCUT2D eigenvalue weighted by molar-refractivity contribution is 5.74. The van der Waals surface area contributed by atoms with E-state index < -0.39 is 24.0 Å². The second kappa shape index (κ2) is 9.05. The fourth-order valence-corrected chi connectivity index (χ4v) is 6.59. The van der Waals surface area contributed by atoms with Crippen molar-refractivity contribution in [2.45, 2.75) is 81.8 Å². The van der Waals surface area contributed by atoms with Crippen LogP contribution >= 0.6 is 0 Å². The van der Waals surface area contributed by atoms with Gasteiger partial charge in [0.2, 0.25) is 0 Å². The molecule has 1 aromatic heterocycles. The minimum absolute atomic E-state index is 0.0645. The molecule has 0 radical (unpaired) electrons. The third-order valence-electron chi connectivity index (χ3n) is 8.36. The molecule has 2 saturated carbocycles. The lowest BCUT2D eigenvalue weighted by Crippen LogP contribution is -2.50. The average molecular weight is 447 g/mol. The number of aromatic nitrogens is 4. The van der Waals surface area contributed by atoms with Gasteiger partial charge in [-0.25, -0.2) is 0 Å². The maximum absolute atomic E-state index is 12.0. The van der Waals surface area contributed by atoms with Crippen molar-refractivity contribution in [1.29, 1.82) is 0 Å². The zero-order valence-electron chi connectivity index (χ0n) is 18.5. The molecule has 3 N–H and O–H groups in total. The van der Waals surface area contributed by atoms with Gasteiger partial charge in [-0.05, 0) is 74.5 Å². The van der Waals surface area contributed by atoms with Crippen LogP contribution in [-0.4, -0.2) is 79.0 Å².